The van der Waals surface area contributed by atoms with Gasteiger partial charge in [0, 0.05) is 22.6 Å². The molecule has 0 aliphatic rings. The van der Waals surface area contributed by atoms with E-state index >= 15 is 0 Å². The highest BCUT2D eigenvalue weighted by molar-refractivity contribution is 9.10. The van der Waals surface area contributed by atoms with Crippen LogP contribution in [0.5, 0.6) is 0 Å². The Balaban J connectivity index is 2.38. The van der Waals surface area contributed by atoms with Crippen LogP contribution in [-0.4, -0.2) is 28.5 Å². The van der Waals surface area contributed by atoms with E-state index in [2.05, 4.69) is 20.9 Å². The number of carboxylic acids is 1. The molecule has 0 saturated heterocycles. The van der Waals surface area contributed by atoms with Crippen molar-refractivity contribution >= 4 is 33.5 Å². The Morgan fingerprint density at radius 1 is 1.24 bits per heavy atom. The van der Waals surface area contributed by atoms with Crippen molar-refractivity contribution in [3.63, 3.8) is 0 Å². The molecule has 0 bridgehead atoms. The molecule has 1 aromatic carbocycles. The Morgan fingerprint density at radius 2 is 1.90 bits per heavy atom. The number of aryl methyl sites for hydroxylation is 1. The molecule has 0 unspecified atom stereocenters. The predicted molar refractivity (Wildman–Crippen MR) is 82.4 cm³/mol. The monoisotopic (exact) mass is 348 g/mol. The Hall–Kier alpha value is -2.21. The Labute approximate surface area is 130 Å². The number of carbonyl (C=O) groups is 2. The van der Waals surface area contributed by atoms with Crippen LogP contribution in [0.3, 0.4) is 0 Å². The highest BCUT2D eigenvalue weighted by Gasteiger charge is 2.20. The second kappa shape index (κ2) is 6.49. The van der Waals surface area contributed by atoms with Gasteiger partial charge in [0.15, 0.2) is 0 Å². The summed E-state index contributed by atoms with van der Waals surface area (Å²) in [6.07, 6.45) is 2.97. The van der Waals surface area contributed by atoms with E-state index in [9.17, 15) is 9.59 Å². The molecule has 5 nitrogen and oxygen atoms in total. The van der Waals surface area contributed by atoms with Crippen LogP contribution in [0.25, 0.3) is 0 Å². The number of amides is 1. The molecule has 1 N–H and O–H groups in total. The molecule has 0 radical (unpaired) electrons. The summed E-state index contributed by atoms with van der Waals surface area (Å²) >= 11 is 3.25. The number of aliphatic carboxylic acids is 1. The first-order valence-electron chi connectivity index (χ1n) is 6.18. The fourth-order valence-corrected chi connectivity index (χ4v) is 2.19. The summed E-state index contributed by atoms with van der Waals surface area (Å²) in [5.74, 6) is -1.48. The molecule has 0 saturated carbocycles. The zero-order valence-corrected chi connectivity index (χ0v) is 12.9. The van der Waals surface area contributed by atoms with Crippen molar-refractivity contribution in [3.05, 3.63) is 58.3 Å². The highest BCUT2D eigenvalue weighted by Crippen LogP contribution is 2.19. The van der Waals surface area contributed by atoms with Crippen LogP contribution in [0.4, 0.5) is 5.69 Å². The minimum absolute atomic E-state index is 0.325. The number of benzene rings is 1. The Kier molecular flexibility index (Phi) is 4.70. The van der Waals surface area contributed by atoms with Crippen LogP contribution >= 0.6 is 15.9 Å². The lowest BCUT2D eigenvalue weighted by Gasteiger charge is -2.21. The summed E-state index contributed by atoms with van der Waals surface area (Å²) in [4.78, 5) is 28.7. The maximum Gasteiger partial charge on any atom is 0.323 e. The van der Waals surface area contributed by atoms with Crippen LogP contribution in [0.1, 0.15) is 15.9 Å². The first kappa shape index (κ1) is 15.2. The van der Waals surface area contributed by atoms with Gasteiger partial charge in [-0.15, -0.1) is 0 Å². The van der Waals surface area contributed by atoms with Gasteiger partial charge in [0.25, 0.3) is 5.91 Å². The second-order valence-corrected chi connectivity index (χ2v) is 5.43. The minimum Gasteiger partial charge on any atom is -0.480 e. The summed E-state index contributed by atoms with van der Waals surface area (Å²) in [5, 5.41) is 9.03. The number of halogens is 1. The van der Waals surface area contributed by atoms with Crippen molar-refractivity contribution in [3.8, 4) is 0 Å². The number of pyridine rings is 1. The number of carbonyl (C=O) groups excluding carboxylic acids is 1. The number of hydrogen-bond acceptors (Lipinski definition) is 3. The van der Waals surface area contributed by atoms with Gasteiger partial charge in [-0.2, -0.15) is 0 Å². The number of carboxylic acid groups (broad SMARTS) is 1. The predicted octanol–water partition coefficient (Wildman–Crippen LogP) is 2.88. The van der Waals surface area contributed by atoms with E-state index in [0.717, 1.165) is 5.56 Å². The molecule has 2 aromatic rings. The third-order valence-corrected chi connectivity index (χ3v) is 3.27. The minimum atomic E-state index is -1.08. The largest absolute Gasteiger partial charge is 0.480 e. The third-order valence-electron chi connectivity index (χ3n) is 2.84. The van der Waals surface area contributed by atoms with E-state index in [0.29, 0.717) is 15.7 Å². The molecule has 2 rings (SSSR count). The van der Waals surface area contributed by atoms with Crippen molar-refractivity contribution in [2.45, 2.75) is 6.92 Å². The van der Waals surface area contributed by atoms with Crippen LogP contribution in [0.15, 0.2) is 47.2 Å². The van der Waals surface area contributed by atoms with Crippen molar-refractivity contribution < 1.29 is 14.7 Å². The zero-order valence-electron chi connectivity index (χ0n) is 11.3. The lowest BCUT2D eigenvalue weighted by atomic mass is 10.2. The Morgan fingerprint density at radius 3 is 2.48 bits per heavy atom. The smallest absolute Gasteiger partial charge is 0.323 e. The lowest BCUT2D eigenvalue weighted by Crippen LogP contribution is -2.35. The van der Waals surface area contributed by atoms with Gasteiger partial charge < -0.3 is 5.11 Å². The average molecular weight is 349 g/mol. The van der Waals surface area contributed by atoms with Gasteiger partial charge in [-0.05, 0) is 41.1 Å². The average Bonchev–Trinajstić information content (AvgIpc) is 2.45. The van der Waals surface area contributed by atoms with Crippen LogP contribution in [0.2, 0.25) is 0 Å². The van der Waals surface area contributed by atoms with Crippen LogP contribution in [0, 0.1) is 6.92 Å². The molecule has 0 fully saturated rings. The number of nitrogens with zero attached hydrogens (tertiary/aromatic N) is 2. The summed E-state index contributed by atoms with van der Waals surface area (Å²) in [6, 6.07) is 8.72. The maximum absolute atomic E-state index is 12.5. The molecule has 1 aromatic heterocycles. The van der Waals surface area contributed by atoms with E-state index in [1.807, 2.05) is 19.1 Å². The normalized spacial score (nSPS) is 10.2. The van der Waals surface area contributed by atoms with Gasteiger partial charge >= 0.3 is 5.97 Å². The molecule has 0 aliphatic carbocycles. The molecule has 1 amide bonds. The molecule has 0 atom stereocenters. The number of anilines is 1. The van der Waals surface area contributed by atoms with Crippen LogP contribution < -0.4 is 4.90 Å². The topological polar surface area (TPSA) is 70.5 Å². The summed E-state index contributed by atoms with van der Waals surface area (Å²) < 4.78 is 0.660. The molecular formula is C15H13BrN2O3. The SMILES string of the molecule is Cc1ccc(N(CC(=O)O)C(=O)c2cncc(Br)c2)cc1. The van der Waals surface area contributed by atoms with Gasteiger partial charge in [0.05, 0.1) is 5.56 Å². The first-order valence-corrected chi connectivity index (χ1v) is 6.97. The van der Waals surface area contributed by atoms with E-state index in [-0.39, 0.29) is 0 Å². The molecule has 6 heteroatoms. The molecular weight excluding hydrogens is 336 g/mol. The number of aromatic nitrogens is 1. The van der Waals surface area contributed by atoms with Gasteiger partial charge in [0.1, 0.15) is 6.54 Å². The number of rotatable bonds is 4. The Bertz CT molecular complexity index is 671. The lowest BCUT2D eigenvalue weighted by molar-refractivity contribution is -0.135. The molecule has 108 valence electrons. The summed E-state index contributed by atoms with van der Waals surface area (Å²) in [5.41, 5.74) is 1.89. The van der Waals surface area contributed by atoms with Crippen molar-refractivity contribution in [1.82, 2.24) is 4.98 Å². The van der Waals surface area contributed by atoms with Crippen molar-refractivity contribution in [2.75, 3.05) is 11.4 Å². The summed E-state index contributed by atoms with van der Waals surface area (Å²) in [6.45, 7) is 1.51. The molecule has 21 heavy (non-hydrogen) atoms. The van der Waals surface area contributed by atoms with Gasteiger partial charge in [0.2, 0.25) is 0 Å². The highest BCUT2D eigenvalue weighted by atomic mass is 79.9. The zero-order chi connectivity index (χ0) is 15.4. The fourth-order valence-electron chi connectivity index (χ4n) is 1.82. The van der Waals surface area contributed by atoms with E-state index < -0.39 is 18.4 Å². The van der Waals surface area contributed by atoms with E-state index in [1.54, 1.807) is 24.4 Å². The third kappa shape index (κ3) is 3.88. The van der Waals surface area contributed by atoms with Crippen LogP contribution in [-0.2, 0) is 4.79 Å². The second-order valence-electron chi connectivity index (χ2n) is 4.51. The maximum atomic E-state index is 12.5. The standard InChI is InChI=1S/C15H13BrN2O3/c1-10-2-4-13(5-3-10)18(9-14(19)20)15(21)11-6-12(16)8-17-7-11/h2-8H,9H2,1H3,(H,19,20). The fraction of sp³-hybridized carbons (Fsp3) is 0.133. The van der Waals surface area contributed by atoms with Gasteiger partial charge in [-0.1, -0.05) is 17.7 Å². The molecule has 0 spiro atoms. The first-order chi connectivity index (χ1) is 9.97. The van der Waals surface area contributed by atoms with Gasteiger partial charge in [-0.25, -0.2) is 0 Å². The quantitative estimate of drug-likeness (QED) is 0.922. The van der Waals surface area contributed by atoms with Gasteiger partial charge in [-0.3, -0.25) is 19.5 Å². The number of hydrogen-bond donors (Lipinski definition) is 1. The van der Waals surface area contributed by atoms with Crippen molar-refractivity contribution in [2.24, 2.45) is 0 Å². The summed E-state index contributed by atoms with van der Waals surface area (Å²) in [7, 11) is 0. The van der Waals surface area contributed by atoms with E-state index in [1.165, 1.54) is 11.1 Å². The molecule has 1 heterocycles. The van der Waals surface area contributed by atoms with E-state index in [4.69, 9.17) is 5.11 Å². The molecule has 0 aliphatic heterocycles. The van der Waals surface area contributed by atoms with Crippen molar-refractivity contribution in [1.29, 1.82) is 0 Å².